The molecule has 2 aromatic rings. The minimum atomic E-state index is -0.585. The maximum atomic E-state index is 12.3. The normalized spacial score (nSPS) is 10.7. The Bertz CT molecular complexity index is 755. The zero-order chi connectivity index (χ0) is 18.9. The van der Waals surface area contributed by atoms with Crippen molar-refractivity contribution in [2.24, 2.45) is 5.73 Å². The van der Waals surface area contributed by atoms with Gasteiger partial charge in [-0.15, -0.1) is 0 Å². The average Bonchev–Trinajstić information content (AvgIpc) is 2.62. The van der Waals surface area contributed by atoms with Crippen LogP contribution in [-0.2, 0) is 11.2 Å². The first-order chi connectivity index (χ1) is 12.5. The number of nitrogens with two attached hydrogens (primary N) is 1. The summed E-state index contributed by atoms with van der Waals surface area (Å²) in [6, 6.07) is 14.1. The molecule has 0 aliphatic carbocycles. The summed E-state index contributed by atoms with van der Waals surface area (Å²) in [7, 11) is 0. The largest absolute Gasteiger partial charge is 0.329 e. The molecule has 0 atom stereocenters. The second-order valence-corrected chi connectivity index (χ2v) is 6.18. The monoisotopic (exact) mass is 376 g/mol. The van der Waals surface area contributed by atoms with E-state index in [4.69, 9.17) is 17.3 Å². The van der Waals surface area contributed by atoms with Crippen molar-refractivity contribution in [1.29, 1.82) is 0 Å². The van der Waals surface area contributed by atoms with Crippen LogP contribution in [0.2, 0.25) is 5.02 Å². The molecule has 3 N–H and O–H groups in total. The van der Waals surface area contributed by atoms with Crippen LogP contribution in [0.3, 0.4) is 0 Å². The molecule has 0 spiro atoms. The van der Waals surface area contributed by atoms with Crippen molar-refractivity contribution in [3.8, 4) is 0 Å². The molecular weight excluding hydrogens is 356 g/mol. The molecule has 1 amide bonds. The van der Waals surface area contributed by atoms with Crippen molar-refractivity contribution in [3.63, 3.8) is 0 Å². The molecule has 0 bridgehead atoms. The first kappa shape index (κ1) is 19.8. The Balaban J connectivity index is 1.94. The molecule has 2 rings (SSSR count). The lowest BCUT2D eigenvalue weighted by Crippen LogP contribution is -2.38. The molecule has 0 saturated carbocycles. The van der Waals surface area contributed by atoms with Crippen molar-refractivity contribution >= 4 is 28.9 Å². The fourth-order valence-corrected chi connectivity index (χ4v) is 2.70. The molecule has 8 heteroatoms. The third-order valence-corrected chi connectivity index (χ3v) is 4.12. The molecule has 0 aromatic heterocycles. The summed E-state index contributed by atoms with van der Waals surface area (Å²) in [5.74, 6) is -0.261. The van der Waals surface area contributed by atoms with Crippen LogP contribution in [0.15, 0.2) is 48.5 Å². The predicted molar refractivity (Wildman–Crippen MR) is 102 cm³/mol. The van der Waals surface area contributed by atoms with E-state index in [9.17, 15) is 14.9 Å². The van der Waals surface area contributed by atoms with E-state index in [1.165, 1.54) is 23.8 Å². The first-order valence-corrected chi connectivity index (χ1v) is 8.57. The van der Waals surface area contributed by atoms with Crippen LogP contribution in [0.4, 0.5) is 11.4 Å². The Kier molecular flexibility index (Phi) is 7.53. The van der Waals surface area contributed by atoms with E-state index < -0.39 is 4.92 Å². The van der Waals surface area contributed by atoms with Crippen LogP contribution in [0.1, 0.15) is 5.56 Å². The molecule has 0 heterocycles. The van der Waals surface area contributed by atoms with Crippen molar-refractivity contribution in [2.75, 3.05) is 31.5 Å². The number of carbonyl (C=O) groups is 1. The van der Waals surface area contributed by atoms with Crippen molar-refractivity contribution in [1.82, 2.24) is 4.90 Å². The van der Waals surface area contributed by atoms with Gasteiger partial charge in [-0.25, -0.2) is 0 Å². The van der Waals surface area contributed by atoms with Gasteiger partial charge in [0.15, 0.2) is 0 Å². The number of nitrogens with zero attached hydrogens (tertiary/aromatic N) is 2. The molecule has 2 aromatic carbocycles. The van der Waals surface area contributed by atoms with Crippen LogP contribution in [-0.4, -0.2) is 41.9 Å². The lowest BCUT2D eigenvalue weighted by Gasteiger charge is -2.21. The van der Waals surface area contributed by atoms with Gasteiger partial charge in [0.25, 0.3) is 5.69 Å². The highest BCUT2D eigenvalue weighted by Crippen LogP contribution is 2.27. The van der Waals surface area contributed by atoms with E-state index in [1.54, 1.807) is 0 Å². The van der Waals surface area contributed by atoms with Crippen LogP contribution in [0, 0.1) is 10.1 Å². The van der Waals surface area contributed by atoms with Gasteiger partial charge in [0.1, 0.15) is 5.02 Å². The maximum Gasteiger partial charge on any atom is 0.289 e. The second kappa shape index (κ2) is 9.86. The SMILES string of the molecule is NCCN(CCc1ccccc1)CC(=O)Nc1ccc(Cl)c([N+](=O)[O-])c1. The lowest BCUT2D eigenvalue weighted by atomic mass is 10.1. The Morgan fingerprint density at radius 3 is 2.58 bits per heavy atom. The Hall–Kier alpha value is -2.48. The quantitative estimate of drug-likeness (QED) is 0.517. The van der Waals surface area contributed by atoms with Crippen LogP contribution < -0.4 is 11.1 Å². The number of nitro groups is 1. The fraction of sp³-hybridized carbons (Fsp3) is 0.278. The number of carbonyl (C=O) groups excluding carboxylic acids is 1. The van der Waals surface area contributed by atoms with Gasteiger partial charge in [0.05, 0.1) is 11.5 Å². The highest BCUT2D eigenvalue weighted by Gasteiger charge is 2.15. The highest BCUT2D eigenvalue weighted by molar-refractivity contribution is 6.32. The van der Waals surface area contributed by atoms with Crippen molar-refractivity contribution in [3.05, 3.63) is 69.2 Å². The molecule has 0 radical (unpaired) electrons. The molecule has 0 fully saturated rings. The van der Waals surface area contributed by atoms with E-state index in [1.807, 2.05) is 35.2 Å². The Morgan fingerprint density at radius 2 is 1.92 bits per heavy atom. The van der Waals surface area contributed by atoms with Gasteiger partial charge >= 0.3 is 0 Å². The highest BCUT2D eigenvalue weighted by atomic mass is 35.5. The van der Waals surface area contributed by atoms with Crippen LogP contribution in [0.25, 0.3) is 0 Å². The summed E-state index contributed by atoms with van der Waals surface area (Å²) in [6.45, 7) is 1.87. The van der Waals surface area contributed by atoms with Crippen LogP contribution >= 0.6 is 11.6 Å². The summed E-state index contributed by atoms with van der Waals surface area (Å²) < 4.78 is 0. The van der Waals surface area contributed by atoms with E-state index in [0.717, 1.165) is 6.42 Å². The summed E-state index contributed by atoms with van der Waals surface area (Å²) in [5.41, 5.74) is 6.91. The van der Waals surface area contributed by atoms with E-state index in [0.29, 0.717) is 25.3 Å². The molecular formula is C18H21ClN4O3. The van der Waals surface area contributed by atoms with Gasteiger partial charge in [-0.1, -0.05) is 41.9 Å². The fourth-order valence-electron chi connectivity index (χ4n) is 2.52. The minimum absolute atomic E-state index is 0.0284. The van der Waals surface area contributed by atoms with Gasteiger partial charge in [0.2, 0.25) is 5.91 Å². The van der Waals surface area contributed by atoms with Gasteiger partial charge in [-0.05, 0) is 24.1 Å². The summed E-state index contributed by atoms with van der Waals surface area (Å²) in [4.78, 5) is 24.6. The smallest absolute Gasteiger partial charge is 0.289 e. The molecule has 0 saturated heterocycles. The van der Waals surface area contributed by atoms with Gasteiger partial charge in [0, 0.05) is 31.4 Å². The molecule has 0 aliphatic rings. The number of hydrogen-bond acceptors (Lipinski definition) is 5. The minimum Gasteiger partial charge on any atom is -0.329 e. The third-order valence-electron chi connectivity index (χ3n) is 3.80. The van der Waals surface area contributed by atoms with Crippen LogP contribution in [0.5, 0.6) is 0 Å². The third kappa shape index (κ3) is 6.11. The Labute approximate surface area is 156 Å². The van der Waals surface area contributed by atoms with Gasteiger partial charge in [-0.2, -0.15) is 0 Å². The second-order valence-electron chi connectivity index (χ2n) is 5.77. The van der Waals surface area contributed by atoms with Crippen molar-refractivity contribution < 1.29 is 9.72 Å². The molecule has 26 heavy (non-hydrogen) atoms. The first-order valence-electron chi connectivity index (χ1n) is 8.19. The van der Waals surface area contributed by atoms with Gasteiger partial charge < -0.3 is 11.1 Å². The summed E-state index contributed by atoms with van der Waals surface area (Å²) in [6.07, 6.45) is 0.806. The average molecular weight is 377 g/mol. The predicted octanol–water partition coefficient (Wildman–Crippen LogP) is 2.69. The van der Waals surface area contributed by atoms with E-state index >= 15 is 0 Å². The Morgan fingerprint density at radius 1 is 1.19 bits per heavy atom. The topological polar surface area (TPSA) is 102 Å². The molecule has 0 unspecified atom stereocenters. The van der Waals surface area contributed by atoms with Crippen molar-refractivity contribution in [2.45, 2.75) is 6.42 Å². The maximum absolute atomic E-state index is 12.3. The number of nitrogens with one attached hydrogen (secondary N) is 1. The summed E-state index contributed by atoms with van der Waals surface area (Å²) in [5, 5.41) is 13.6. The number of halogens is 1. The standard InChI is InChI=1S/C18H21ClN4O3/c19-16-7-6-15(12-17(16)23(25)26)21-18(24)13-22(11-9-20)10-8-14-4-2-1-3-5-14/h1-7,12H,8-11,13,20H2,(H,21,24). The molecule has 138 valence electrons. The number of benzene rings is 2. The number of nitro benzene ring substituents is 1. The van der Waals surface area contributed by atoms with E-state index in [-0.39, 0.29) is 23.2 Å². The number of anilines is 1. The summed E-state index contributed by atoms with van der Waals surface area (Å²) >= 11 is 5.78. The molecule has 7 nitrogen and oxygen atoms in total. The van der Waals surface area contributed by atoms with E-state index in [2.05, 4.69) is 5.32 Å². The molecule has 0 aliphatic heterocycles. The zero-order valence-corrected chi connectivity index (χ0v) is 15.0. The zero-order valence-electron chi connectivity index (χ0n) is 14.2. The number of amides is 1. The van der Waals surface area contributed by atoms with Gasteiger partial charge in [-0.3, -0.25) is 19.8 Å². The number of rotatable bonds is 9. The number of hydrogen-bond donors (Lipinski definition) is 2. The lowest BCUT2D eigenvalue weighted by molar-refractivity contribution is -0.384.